The second-order valence-corrected chi connectivity index (χ2v) is 11.3. The van der Waals surface area contributed by atoms with E-state index in [1.165, 1.54) is 41.6 Å². The molecule has 1 saturated carbocycles. The smallest absolute Gasteiger partial charge is 0.251 e. The van der Waals surface area contributed by atoms with E-state index in [9.17, 15) is 13.2 Å². The highest BCUT2D eigenvalue weighted by atomic mass is 32.2. The third-order valence-electron chi connectivity index (χ3n) is 6.70. The summed E-state index contributed by atoms with van der Waals surface area (Å²) in [6.07, 6.45) is 5.13. The lowest BCUT2D eigenvalue weighted by Crippen LogP contribution is -2.23. The Balaban J connectivity index is 1.39. The molecule has 0 atom stereocenters. The predicted octanol–water partition coefficient (Wildman–Crippen LogP) is 4.89. The number of aryl methyl sites for hydroxylation is 1. The lowest BCUT2D eigenvalue weighted by atomic mass is 10.0. The zero-order chi connectivity index (χ0) is 23.9. The normalized spacial score (nSPS) is 14.1. The van der Waals surface area contributed by atoms with Crippen LogP contribution in [0.15, 0.2) is 59.6 Å². The first-order valence-electron chi connectivity index (χ1n) is 11.9. The standard InChI is InChI=1S/C27H29N3O3S/c1-3-30-25-11-7-19(13-18-5-6-18)14-23(25)24-15-20(8-12-26(24)30)27(31)29-16-21-9-10-22(17-28-21)34(32,33)4-2/h7-12,14-15,17-18H,3-6,13,16H2,1-2H3,(H,29,31). The summed E-state index contributed by atoms with van der Waals surface area (Å²) < 4.78 is 26.2. The number of aromatic nitrogens is 2. The molecule has 6 nitrogen and oxygen atoms in total. The van der Waals surface area contributed by atoms with Gasteiger partial charge in [0.05, 0.1) is 22.9 Å². The Morgan fingerprint density at radius 3 is 2.41 bits per heavy atom. The van der Waals surface area contributed by atoms with Gasteiger partial charge < -0.3 is 9.88 Å². The molecule has 1 aliphatic carbocycles. The molecule has 0 unspecified atom stereocenters. The van der Waals surface area contributed by atoms with Gasteiger partial charge in [-0.2, -0.15) is 0 Å². The maximum absolute atomic E-state index is 12.9. The molecule has 2 heterocycles. The molecule has 0 saturated heterocycles. The summed E-state index contributed by atoms with van der Waals surface area (Å²) in [4.78, 5) is 17.3. The number of carbonyl (C=O) groups is 1. The number of nitrogens with one attached hydrogen (secondary N) is 1. The van der Waals surface area contributed by atoms with Crippen molar-refractivity contribution in [2.24, 2.45) is 5.92 Å². The van der Waals surface area contributed by atoms with Gasteiger partial charge in [0, 0.05) is 40.1 Å². The van der Waals surface area contributed by atoms with Crippen LogP contribution in [-0.2, 0) is 29.3 Å². The zero-order valence-corrected chi connectivity index (χ0v) is 20.4. The summed E-state index contributed by atoms with van der Waals surface area (Å²) in [5, 5.41) is 5.19. The lowest BCUT2D eigenvalue weighted by molar-refractivity contribution is 0.0950. The topological polar surface area (TPSA) is 81.1 Å². The minimum absolute atomic E-state index is 0.0315. The van der Waals surface area contributed by atoms with Gasteiger partial charge in [0.15, 0.2) is 9.84 Å². The number of nitrogens with zero attached hydrogens (tertiary/aromatic N) is 2. The van der Waals surface area contributed by atoms with Crippen molar-refractivity contribution < 1.29 is 13.2 Å². The number of fused-ring (bicyclic) bond motifs is 3. The van der Waals surface area contributed by atoms with Gasteiger partial charge in [0.1, 0.15) is 0 Å². The largest absolute Gasteiger partial charge is 0.346 e. The van der Waals surface area contributed by atoms with E-state index in [1.54, 1.807) is 13.0 Å². The number of benzene rings is 2. The number of amides is 1. The van der Waals surface area contributed by atoms with Crippen LogP contribution in [0.4, 0.5) is 0 Å². The van der Waals surface area contributed by atoms with Crippen LogP contribution in [0.5, 0.6) is 0 Å². The summed E-state index contributed by atoms with van der Waals surface area (Å²) in [5.41, 5.74) is 4.89. The van der Waals surface area contributed by atoms with E-state index in [0.29, 0.717) is 11.3 Å². The highest BCUT2D eigenvalue weighted by Crippen LogP contribution is 2.35. The monoisotopic (exact) mass is 475 g/mol. The van der Waals surface area contributed by atoms with E-state index in [-0.39, 0.29) is 23.1 Å². The number of rotatable bonds is 8. The Hall–Kier alpha value is -3.19. The fourth-order valence-corrected chi connectivity index (χ4v) is 5.38. The predicted molar refractivity (Wildman–Crippen MR) is 135 cm³/mol. The van der Waals surface area contributed by atoms with Crippen LogP contribution >= 0.6 is 0 Å². The van der Waals surface area contributed by atoms with E-state index in [1.807, 2.05) is 18.2 Å². The first kappa shape index (κ1) is 22.6. The molecule has 0 radical (unpaired) electrons. The molecular formula is C27H29N3O3S. The van der Waals surface area contributed by atoms with Gasteiger partial charge in [-0.1, -0.05) is 13.0 Å². The Bertz CT molecular complexity index is 1480. The van der Waals surface area contributed by atoms with E-state index >= 15 is 0 Å². The third kappa shape index (κ3) is 4.32. The summed E-state index contributed by atoms with van der Waals surface area (Å²) in [5.74, 6) is 0.674. The van der Waals surface area contributed by atoms with Gasteiger partial charge in [-0.25, -0.2) is 8.42 Å². The number of hydrogen-bond donors (Lipinski definition) is 1. The Kier molecular flexibility index (Phi) is 5.90. The average Bonchev–Trinajstić information content (AvgIpc) is 3.62. The van der Waals surface area contributed by atoms with E-state index < -0.39 is 9.84 Å². The molecule has 34 heavy (non-hydrogen) atoms. The summed E-state index contributed by atoms with van der Waals surface area (Å²) >= 11 is 0. The van der Waals surface area contributed by atoms with Crippen LogP contribution in [0.2, 0.25) is 0 Å². The average molecular weight is 476 g/mol. The molecule has 7 heteroatoms. The molecule has 1 aliphatic rings. The molecule has 5 rings (SSSR count). The fraction of sp³-hybridized carbons (Fsp3) is 0.333. The first-order valence-corrected chi connectivity index (χ1v) is 13.6. The second kappa shape index (κ2) is 8.87. The molecule has 0 spiro atoms. The first-order chi connectivity index (χ1) is 16.4. The molecule has 1 fully saturated rings. The van der Waals surface area contributed by atoms with E-state index in [2.05, 4.69) is 40.0 Å². The number of pyridine rings is 1. The van der Waals surface area contributed by atoms with Crippen LogP contribution in [0.25, 0.3) is 21.8 Å². The Morgan fingerprint density at radius 2 is 1.76 bits per heavy atom. The maximum atomic E-state index is 12.9. The third-order valence-corrected chi connectivity index (χ3v) is 8.42. The molecule has 176 valence electrons. The van der Waals surface area contributed by atoms with E-state index in [4.69, 9.17) is 0 Å². The molecule has 0 bridgehead atoms. The zero-order valence-electron chi connectivity index (χ0n) is 19.5. The molecule has 0 aliphatic heterocycles. The van der Waals surface area contributed by atoms with Gasteiger partial charge in [-0.15, -0.1) is 0 Å². The molecule has 2 aromatic carbocycles. The molecule has 2 aromatic heterocycles. The van der Waals surface area contributed by atoms with Crippen LogP contribution in [0.3, 0.4) is 0 Å². The van der Waals surface area contributed by atoms with Crippen molar-refractivity contribution in [1.29, 1.82) is 0 Å². The van der Waals surface area contributed by atoms with Gasteiger partial charge in [-0.3, -0.25) is 9.78 Å². The SMILES string of the molecule is CCn1c2ccc(CC3CC3)cc2c2cc(C(=O)NCc3ccc(S(=O)(=O)CC)cn3)ccc21. The maximum Gasteiger partial charge on any atom is 0.251 e. The van der Waals surface area contributed by atoms with Crippen molar-refractivity contribution in [2.45, 2.75) is 51.1 Å². The van der Waals surface area contributed by atoms with Crippen molar-refractivity contribution in [3.63, 3.8) is 0 Å². The van der Waals surface area contributed by atoms with Crippen LogP contribution in [0, 0.1) is 5.92 Å². The summed E-state index contributed by atoms with van der Waals surface area (Å²) in [7, 11) is -3.29. The lowest BCUT2D eigenvalue weighted by Gasteiger charge is -2.07. The van der Waals surface area contributed by atoms with Gasteiger partial charge in [0.2, 0.25) is 0 Å². The molecule has 4 aromatic rings. The Labute approximate surface area is 199 Å². The summed E-state index contributed by atoms with van der Waals surface area (Å²) in [6, 6.07) is 15.8. The van der Waals surface area contributed by atoms with Crippen LogP contribution in [-0.4, -0.2) is 29.6 Å². The molecule has 1 amide bonds. The second-order valence-electron chi connectivity index (χ2n) is 9.05. The summed E-state index contributed by atoms with van der Waals surface area (Å²) in [6.45, 7) is 4.84. The number of sulfone groups is 1. The minimum atomic E-state index is -3.29. The van der Waals surface area contributed by atoms with Gasteiger partial charge >= 0.3 is 0 Å². The highest BCUT2D eigenvalue weighted by Gasteiger charge is 2.22. The number of hydrogen-bond acceptors (Lipinski definition) is 4. The van der Waals surface area contributed by atoms with Crippen molar-refractivity contribution in [1.82, 2.24) is 14.9 Å². The molecular weight excluding hydrogens is 446 g/mol. The van der Waals surface area contributed by atoms with E-state index in [0.717, 1.165) is 29.8 Å². The minimum Gasteiger partial charge on any atom is -0.346 e. The van der Waals surface area contributed by atoms with Crippen molar-refractivity contribution >= 4 is 37.6 Å². The van der Waals surface area contributed by atoms with Crippen molar-refractivity contribution in [2.75, 3.05) is 5.75 Å². The van der Waals surface area contributed by atoms with Crippen LogP contribution < -0.4 is 5.32 Å². The van der Waals surface area contributed by atoms with Gasteiger partial charge in [0.25, 0.3) is 5.91 Å². The quantitative estimate of drug-likeness (QED) is 0.394. The van der Waals surface area contributed by atoms with Crippen LogP contribution in [0.1, 0.15) is 48.3 Å². The number of carbonyl (C=O) groups excluding carboxylic acids is 1. The van der Waals surface area contributed by atoms with Crippen molar-refractivity contribution in [3.8, 4) is 0 Å². The van der Waals surface area contributed by atoms with Gasteiger partial charge in [-0.05, 0) is 80.1 Å². The molecule has 1 N–H and O–H groups in total. The Morgan fingerprint density at radius 1 is 1.03 bits per heavy atom. The highest BCUT2D eigenvalue weighted by molar-refractivity contribution is 7.91. The van der Waals surface area contributed by atoms with Crippen molar-refractivity contribution in [3.05, 3.63) is 71.5 Å². The fourth-order valence-electron chi connectivity index (χ4n) is 4.55.